The molecule has 1 aliphatic rings. The minimum atomic E-state index is -3.40. The predicted molar refractivity (Wildman–Crippen MR) is 77.3 cm³/mol. The normalized spacial score (nSPS) is 20.7. The number of aromatic nitrogens is 2. The number of hydrogen-bond donors (Lipinski definition) is 0. The molecule has 0 radical (unpaired) electrons. The molecule has 6 nitrogen and oxygen atoms in total. The molecule has 2 rings (SSSR count). The first-order valence-electron chi connectivity index (χ1n) is 7.07. The molecular weight excluding hydrogens is 276 g/mol. The highest BCUT2D eigenvalue weighted by atomic mass is 32.2. The monoisotopic (exact) mass is 298 g/mol. The molecule has 2 heterocycles. The van der Waals surface area contributed by atoms with E-state index in [2.05, 4.69) is 9.97 Å². The zero-order valence-electron chi connectivity index (χ0n) is 12.3. The van der Waals surface area contributed by atoms with Crippen LogP contribution < -0.4 is 0 Å². The van der Waals surface area contributed by atoms with E-state index in [1.807, 2.05) is 26.8 Å². The molecule has 0 amide bonds. The van der Waals surface area contributed by atoms with Gasteiger partial charge in [0.25, 0.3) is 10.2 Å². The van der Waals surface area contributed by atoms with E-state index in [0.29, 0.717) is 25.5 Å². The fraction of sp³-hybridized carbons (Fsp3) is 0.692. The Hall–Kier alpha value is -1.05. The van der Waals surface area contributed by atoms with Crippen LogP contribution in [-0.4, -0.2) is 46.6 Å². The maximum Gasteiger partial charge on any atom is 0.282 e. The van der Waals surface area contributed by atoms with Crippen LogP contribution in [0.2, 0.25) is 0 Å². The van der Waals surface area contributed by atoms with Crippen molar-refractivity contribution in [2.75, 3.05) is 19.6 Å². The molecule has 20 heavy (non-hydrogen) atoms. The summed E-state index contributed by atoms with van der Waals surface area (Å²) >= 11 is 0. The van der Waals surface area contributed by atoms with E-state index in [1.165, 1.54) is 4.31 Å². The second kappa shape index (κ2) is 6.15. The van der Waals surface area contributed by atoms with Gasteiger partial charge >= 0.3 is 0 Å². The molecule has 7 heteroatoms. The van der Waals surface area contributed by atoms with Gasteiger partial charge in [-0.05, 0) is 25.8 Å². The Bertz CT molecular complexity index is 557. The Balaban J connectivity index is 2.32. The third-order valence-electron chi connectivity index (χ3n) is 3.67. The third kappa shape index (κ3) is 2.84. The molecular formula is C13H22N4O2S. The van der Waals surface area contributed by atoms with Gasteiger partial charge in [-0.1, -0.05) is 13.8 Å². The Labute approximate surface area is 121 Å². The molecule has 1 aromatic rings. The molecule has 0 aliphatic carbocycles. The summed E-state index contributed by atoms with van der Waals surface area (Å²) in [5, 5.41) is 0. The maximum atomic E-state index is 12.7. The number of rotatable bonds is 5. The SMILES string of the molecule is CCN(CC)S(=O)(=O)N1CCCC1c1ccnc(C)n1. The average Bonchev–Trinajstić information content (AvgIpc) is 2.89. The van der Waals surface area contributed by atoms with Crippen LogP contribution in [0.3, 0.4) is 0 Å². The van der Waals surface area contributed by atoms with E-state index in [0.717, 1.165) is 18.5 Å². The van der Waals surface area contributed by atoms with Gasteiger partial charge in [-0.2, -0.15) is 17.0 Å². The minimum absolute atomic E-state index is 0.165. The lowest BCUT2D eigenvalue weighted by atomic mass is 10.1. The van der Waals surface area contributed by atoms with Crippen molar-refractivity contribution in [3.63, 3.8) is 0 Å². The van der Waals surface area contributed by atoms with Crippen molar-refractivity contribution in [3.8, 4) is 0 Å². The van der Waals surface area contributed by atoms with Gasteiger partial charge in [0.1, 0.15) is 5.82 Å². The van der Waals surface area contributed by atoms with E-state index in [9.17, 15) is 8.42 Å². The molecule has 1 unspecified atom stereocenters. The first-order valence-corrected chi connectivity index (χ1v) is 8.46. The zero-order chi connectivity index (χ0) is 14.8. The van der Waals surface area contributed by atoms with Crippen molar-refractivity contribution in [1.82, 2.24) is 18.6 Å². The minimum Gasteiger partial charge on any atom is -0.242 e. The Morgan fingerprint density at radius 3 is 2.70 bits per heavy atom. The van der Waals surface area contributed by atoms with Gasteiger partial charge in [-0.25, -0.2) is 9.97 Å². The van der Waals surface area contributed by atoms with Crippen LogP contribution in [-0.2, 0) is 10.2 Å². The number of nitrogens with zero attached hydrogens (tertiary/aromatic N) is 4. The highest BCUT2D eigenvalue weighted by Gasteiger charge is 2.38. The molecule has 1 saturated heterocycles. The van der Waals surface area contributed by atoms with Crippen molar-refractivity contribution in [3.05, 3.63) is 23.8 Å². The van der Waals surface area contributed by atoms with Gasteiger partial charge in [0.15, 0.2) is 0 Å². The lowest BCUT2D eigenvalue weighted by Gasteiger charge is -2.29. The van der Waals surface area contributed by atoms with Crippen molar-refractivity contribution in [1.29, 1.82) is 0 Å². The molecule has 0 bridgehead atoms. The fourth-order valence-corrected chi connectivity index (χ4v) is 4.51. The largest absolute Gasteiger partial charge is 0.282 e. The summed E-state index contributed by atoms with van der Waals surface area (Å²) in [5.41, 5.74) is 0.797. The lowest BCUT2D eigenvalue weighted by molar-refractivity contribution is 0.334. The summed E-state index contributed by atoms with van der Waals surface area (Å²) in [4.78, 5) is 8.47. The lowest BCUT2D eigenvalue weighted by Crippen LogP contribution is -2.43. The van der Waals surface area contributed by atoms with Crippen molar-refractivity contribution in [2.24, 2.45) is 0 Å². The Morgan fingerprint density at radius 1 is 1.40 bits per heavy atom. The van der Waals surface area contributed by atoms with Crippen LogP contribution in [0, 0.1) is 6.92 Å². The first kappa shape index (κ1) is 15.3. The van der Waals surface area contributed by atoms with E-state index >= 15 is 0 Å². The van der Waals surface area contributed by atoms with Crippen LogP contribution in [0.15, 0.2) is 12.3 Å². The van der Waals surface area contributed by atoms with Gasteiger partial charge in [-0.3, -0.25) is 0 Å². The Kier molecular flexibility index (Phi) is 4.72. The maximum absolute atomic E-state index is 12.7. The second-order valence-electron chi connectivity index (χ2n) is 4.89. The Morgan fingerprint density at radius 2 is 2.10 bits per heavy atom. The molecule has 0 saturated carbocycles. The fourth-order valence-electron chi connectivity index (χ4n) is 2.67. The van der Waals surface area contributed by atoms with Crippen molar-refractivity contribution in [2.45, 2.75) is 39.7 Å². The molecule has 1 aliphatic heterocycles. The van der Waals surface area contributed by atoms with Gasteiger partial charge < -0.3 is 0 Å². The molecule has 1 fully saturated rings. The van der Waals surface area contributed by atoms with E-state index in [-0.39, 0.29) is 6.04 Å². The second-order valence-corrected chi connectivity index (χ2v) is 6.77. The molecule has 0 aromatic carbocycles. The molecule has 0 N–H and O–H groups in total. The van der Waals surface area contributed by atoms with Crippen LogP contribution >= 0.6 is 0 Å². The molecule has 1 aromatic heterocycles. The summed E-state index contributed by atoms with van der Waals surface area (Å²) in [6.45, 7) is 7.09. The average molecular weight is 298 g/mol. The van der Waals surface area contributed by atoms with Gasteiger partial charge in [0.2, 0.25) is 0 Å². The summed E-state index contributed by atoms with van der Waals surface area (Å²) in [6.07, 6.45) is 3.38. The summed E-state index contributed by atoms with van der Waals surface area (Å²) < 4.78 is 28.4. The topological polar surface area (TPSA) is 66.4 Å². The standard InChI is InChI=1S/C13H22N4O2S/c1-4-16(5-2)20(18,19)17-10-6-7-13(17)12-8-9-14-11(3)15-12/h8-9,13H,4-7,10H2,1-3H3. The molecule has 112 valence electrons. The van der Waals surface area contributed by atoms with Crippen LogP contribution in [0.5, 0.6) is 0 Å². The van der Waals surface area contributed by atoms with Crippen LogP contribution in [0.1, 0.15) is 44.2 Å². The van der Waals surface area contributed by atoms with E-state index < -0.39 is 10.2 Å². The number of aryl methyl sites for hydroxylation is 1. The highest BCUT2D eigenvalue weighted by molar-refractivity contribution is 7.86. The molecule has 0 spiro atoms. The van der Waals surface area contributed by atoms with Gasteiger partial charge in [-0.15, -0.1) is 0 Å². The van der Waals surface area contributed by atoms with E-state index in [1.54, 1.807) is 10.5 Å². The van der Waals surface area contributed by atoms with E-state index in [4.69, 9.17) is 0 Å². The van der Waals surface area contributed by atoms with Crippen LogP contribution in [0.4, 0.5) is 0 Å². The zero-order valence-corrected chi connectivity index (χ0v) is 13.1. The quantitative estimate of drug-likeness (QED) is 0.826. The van der Waals surface area contributed by atoms with Gasteiger partial charge in [0, 0.05) is 25.8 Å². The molecule has 1 atom stereocenters. The summed E-state index contributed by atoms with van der Waals surface area (Å²) in [6, 6.07) is 1.65. The third-order valence-corrected chi connectivity index (χ3v) is 5.87. The number of hydrogen-bond acceptors (Lipinski definition) is 4. The highest BCUT2D eigenvalue weighted by Crippen LogP contribution is 2.34. The summed E-state index contributed by atoms with van der Waals surface area (Å²) in [7, 11) is -3.40. The first-order chi connectivity index (χ1) is 9.50. The smallest absolute Gasteiger partial charge is 0.242 e. The predicted octanol–water partition coefficient (Wildman–Crippen LogP) is 1.51. The van der Waals surface area contributed by atoms with Crippen LogP contribution in [0.25, 0.3) is 0 Å². The van der Waals surface area contributed by atoms with Gasteiger partial charge in [0.05, 0.1) is 11.7 Å². The van der Waals surface area contributed by atoms with Crippen molar-refractivity contribution >= 4 is 10.2 Å². The summed E-state index contributed by atoms with van der Waals surface area (Å²) in [5.74, 6) is 0.676. The van der Waals surface area contributed by atoms with Crippen molar-refractivity contribution < 1.29 is 8.42 Å².